The van der Waals surface area contributed by atoms with Crippen LogP contribution in [-0.2, 0) is 7.05 Å². The van der Waals surface area contributed by atoms with E-state index in [0.717, 1.165) is 22.2 Å². The summed E-state index contributed by atoms with van der Waals surface area (Å²) in [5.41, 5.74) is 2.80. The number of hydrogen-bond donors (Lipinski definition) is 0. The van der Waals surface area contributed by atoms with Gasteiger partial charge in [0, 0.05) is 29.9 Å². The maximum atomic E-state index is 11.5. The van der Waals surface area contributed by atoms with Crippen molar-refractivity contribution < 1.29 is 4.79 Å². The molecular weight excluding hydrogens is 210 g/mol. The summed E-state index contributed by atoms with van der Waals surface area (Å²) < 4.78 is 1.92. The molecule has 0 bridgehead atoms. The predicted octanol–water partition coefficient (Wildman–Crippen LogP) is 3.34. The third-order valence-electron chi connectivity index (χ3n) is 2.75. The first-order valence-corrected chi connectivity index (χ1v) is 5.15. The van der Waals surface area contributed by atoms with Crippen LogP contribution >= 0.6 is 11.6 Å². The Hall–Kier alpha value is -1.28. The summed E-state index contributed by atoms with van der Waals surface area (Å²) in [5, 5.41) is 1.75. The number of fused-ring (bicyclic) bond motifs is 1. The van der Waals surface area contributed by atoms with Crippen molar-refractivity contribution in [3.63, 3.8) is 0 Å². The Morgan fingerprint density at radius 2 is 2.07 bits per heavy atom. The van der Waals surface area contributed by atoms with Crippen LogP contribution in [0.4, 0.5) is 0 Å². The van der Waals surface area contributed by atoms with Crippen LogP contribution in [0.25, 0.3) is 10.9 Å². The highest BCUT2D eigenvalue weighted by atomic mass is 35.5. The van der Waals surface area contributed by atoms with Crippen molar-refractivity contribution in [1.29, 1.82) is 0 Å². The van der Waals surface area contributed by atoms with E-state index in [2.05, 4.69) is 0 Å². The van der Waals surface area contributed by atoms with Crippen molar-refractivity contribution in [2.75, 3.05) is 0 Å². The largest absolute Gasteiger partial charge is 0.341 e. The van der Waals surface area contributed by atoms with Gasteiger partial charge in [-0.15, -0.1) is 0 Å². The summed E-state index contributed by atoms with van der Waals surface area (Å²) in [6.07, 6.45) is 0. The molecule has 0 fully saturated rings. The highest BCUT2D eigenvalue weighted by molar-refractivity contribution is 6.31. The van der Waals surface area contributed by atoms with Gasteiger partial charge in [-0.2, -0.15) is 0 Å². The molecule has 0 spiro atoms. The first-order chi connectivity index (χ1) is 7.02. The van der Waals surface area contributed by atoms with Gasteiger partial charge in [-0.3, -0.25) is 4.79 Å². The summed E-state index contributed by atoms with van der Waals surface area (Å²) >= 11 is 5.94. The normalized spacial score (nSPS) is 10.9. The Bertz CT molecular complexity index is 554. The number of Topliss-reactive ketones (excluding diaryl/α,β-unsaturated/α-hetero) is 1. The summed E-state index contributed by atoms with van der Waals surface area (Å²) in [7, 11) is 1.90. The molecule has 1 heterocycles. The Labute approximate surface area is 93.5 Å². The zero-order chi connectivity index (χ0) is 11.2. The molecule has 0 N–H and O–H groups in total. The minimum absolute atomic E-state index is 0.0855. The second-order valence-corrected chi connectivity index (χ2v) is 4.19. The van der Waals surface area contributed by atoms with E-state index in [0.29, 0.717) is 5.02 Å². The maximum Gasteiger partial charge on any atom is 0.176 e. The number of rotatable bonds is 1. The van der Waals surface area contributed by atoms with Crippen LogP contribution in [0.5, 0.6) is 0 Å². The Morgan fingerprint density at radius 1 is 1.40 bits per heavy atom. The van der Waals surface area contributed by atoms with Gasteiger partial charge in [-0.1, -0.05) is 11.6 Å². The zero-order valence-electron chi connectivity index (χ0n) is 8.97. The maximum absolute atomic E-state index is 11.5. The lowest BCUT2D eigenvalue weighted by Crippen LogP contribution is -2.02. The van der Waals surface area contributed by atoms with E-state index in [1.807, 2.05) is 36.7 Å². The third kappa shape index (κ3) is 1.45. The van der Waals surface area contributed by atoms with E-state index >= 15 is 0 Å². The molecule has 0 aliphatic carbocycles. The zero-order valence-corrected chi connectivity index (χ0v) is 9.72. The Balaban J connectivity index is 2.91. The van der Waals surface area contributed by atoms with Gasteiger partial charge in [-0.25, -0.2) is 0 Å². The van der Waals surface area contributed by atoms with Crippen molar-refractivity contribution in [2.45, 2.75) is 13.8 Å². The molecule has 2 aromatic rings. The molecule has 0 aliphatic rings. The van der Waals surface area contributed by atoms with E-state index in [9.17, 15) is 4.79 Å². The van der Waals surface area contributed by atoms with E-state index in [-0.39, 0.29) is 5.78 Å². The molecule has 0 aliphatic heterocycles. The molecule has 0 unspecified atom stereocenters. The molecular formula is C12H12ClNO. The minimum Gasteiger partial charge on any atom is -0.341 e. The van der Waals surface area contributed by atoms with Crippen molar-refractivity contribution in [3.05, 3.63) is 34.5 Å². The second kappa shape index (κ2) is 3.38. The molecule has 0 saturated heterocycles. The Morgan fingerprint density at radius 3 is 2.67 bits per heavy atom. The van der Waals surface area contributed by atoms with Gasteiger partial charge in [0.2, 0.25) is 0 Å². The minimum atomic E-state index is 0.0855. The van der Waals surface area contributed by atoms with Gasteiger partial charge < -0.3 is 4.57 Å². The molecule has 0 radical (unpaired) electrons. The molecule has 78 valence electrons. The standard InChI is InChI=1S/C12H12ClNO/c1-7-10-6-9(13)4-5-11(10)14(3)12(7)8(2)15/h4-6H,1-3H3. The number of hydrogen-bond acceptors (Lipinski definition) is 1. The predicted molar refractivity (Wildman–Crippen MR) is 62.7 cm³/mol. The number of carbonyl (C=O) groups is 1. The fourth-order valence-corrected chi connectivity index (χ4v) is 2.27. The molecule has 2 rings (SSSR count). The fraction of sp³-hybridized carbons (Fsp3) is 0.250. The number of carbonyl (C=O) groups excluding carboxylic acids is 1. The van der Waals surface area contributed by atoms with Crippen molar-refractivity contribution in [3.8, 4) is 0 Å². The van der Waals surface area contributed by atoms with Crippen LogP contribution < -0.4 is 0 Å². The topological polar surface area (TPSA) is 22.0 Å². The SMILES string of the molecule is CC(=O)c1c(C)c2cc(Cl)ccc2n1C. The summed E-state index contributed by atoms with van der Waals surface area (Å²) in [6, 6.07) is 5.68. The number of nitrogens with zero attached hydrogens (tertiary/aromatic N) is 1. The van der Waals surface area contributed by atoms with Gasteiger partial charge >= 0.3 is 0 Å². The molecule has 2 nitrogen and oxygen atoms in total. The van der Waals surface area contributed by atoms with E-state index < -0.39 is 0 Å². The Kier molecular flexibility index (Phi) is 2.31. The number of aryl methyl sites for hydroxylation is 2. The smallest absolute Gasteiger partial charge is 0.176 e. The summed E-state index contributed by atoms with van der Waals surface area (Å²) in [5.74, 6) is 0.0855. The lowest BCUT2D eigenvalue weighted by atomic mass is 10.1. The molecule has 0 saturated carbocycles. The number of aromatic nitrogens is 1. The average molecular weight is 222 g/mol. The van der Waals surface area contributed by atoms with Gasteiger partial charge in [0.15, 0.2) is 5.78 Å². The van der Waals surface area contributed by atoms with Gasteiger partial charge in [-0.05, 0) is 30.7 Å². The molecule has 1 aromatic heterocycles. The molecule has 0 atom stereocenters. The summed E-state index contributed by atoms with van der Waals surface area (Å²) in [6.45, 7) is 3.54. The van der Waals surface area contributed by atoms with E-state index in [1.165, 1.54) is 0 Å². The van der Waals surface area contributed by atoms with E-state index in [1.54, 1.807) is 6.92 Å². The molecule has 15 heavy (non-hydrogen) atoms. The first-order valence-electron chi connectivity index (χ1n) is 4.78. The number of halogens is 1. The van der Waals surface area contributed by atoms with Crippen molar-refractivity contribution >= 4 is 28.3 Å². The van der Waals surface area contributed by atoms with Crippen LogP contribution in [0.1, 0.15) is 23.0 Å². The highest BCUT2D eigenvalue weighted by Crippen LogP contribution is 2.27. The van der Waals surface area contributed by atoms with Gasteiger partial charge in [0.05, 0.1) is 5.69 Å². The highest BCUT2D eigenvalue weighted by Gasteiger charge is 2.14. The van der Waals surface area contributed by atoms with Gasteiger partial charge in [0.1, 0.15) is 0 Å². The van der Waals surface area contributed by atoms with Crippen molar-refractivity contribution in [1.82, 2.24) is 4.57 Å². The number of benzene rings is 1. The second-order valence-electron chi connectivity index (χ2n) is 3.75. The molecule has 1 aromatic carbocycles. The lowest BCUT2D eigenvalue weighted by molar-refractivity contribution is 0.101. The molecule has 0 amide bonds. The quantitative estimate of drug-likeness (QED) is 0.677. The van der Waals surface area contributed by atoms with Gasteiger partial charge in [0.25, 0.3) is 0 Å². The molecule has 3 heteroatoms. The van der Waals surface area contributed by atoms with Crippen LogP contribution in [0.15, 0.2) is 18.2 Å². The number of ketones is 1. The lowest BCUT2D eigenvalue weighted by Gasteiger charge is -2.00. The van der Waals surface area contributed by atoms with E-state index in [4.69, 9.17) is 11.6 Å². The van der Waals surface area contributed by atoms with Crippen LogP contribution in [0, 0.1) is 6.92 Å². The van der Waals surface area contributed by atoms with Crippen LogP contribution in [0.2, 0.25) is 5.02 Å². The monoisotopic (exact) mass is 221 g/mol. The fourth-order valence-electron chi connectivity index (χ4n) is 2.10. The van der Waals surface area contributed by atoms with Crippen LogP contribution in [0.3, 0.4) is 0 Å². The summed E-state index contributed by atoms with van der Waals surface area (Å²) in [4.78, 5) is 11.5. The third-order valence-corrected chi connectivity index (χ3v) is 2.98. The van der Waals surface area contributed by atoms with Crippen molar-refractivity contribution in [2.24, 2.45) is 7.05 Å². The van der Waals surface area contributed by atoms with Crippen LogP contribution in [-0.4, -0.2) is 10.4 Å². The average Bonchev–Trinajstić information content (AvgIpc) is 2.39. The first kappa shape index (κ1) is 10.2.